The van der Waals surface area contributed by atoms with Crippen LogP contribution in [0.15, 0.2) is 24.3 Å². The number of terminal acetylenes is 1. The first kappa shape index (κ1) is 10.5. The number of halogens is 1. The van der Waals surface area contributed by atoms with Crippen molar-refractivity contribution < 1.29 is 4.39 Å². The second kappa shape index (κ2) is 6.23. The lowest BCUT2D eigenvalue weighted by atomic mass is 10.3. The van der Waals surface area contributed by atoms with Crippen molar-refractivity contribution >= 4 is 5.69 Å². The Labute approximate surface area is 72.4 Å². The summed E-state index contributed by atoms with van der Waals surface area (Å²) in [6.07, 6.45) is 5.62. The zero-order valence-corrected chi connectivity index (χ0v) is 7.05. The summed E-state index contributed by atoms with van der Waals surface area (Å²) in [7, 11) is 0. The Morgan fingerprint density at radius 3 is 2.42 bits per heavy atom. The molecule has 1 aromatic carbocycles. The molecule has 2 N–H and O–H groups in total. The molecule has 2 heteroatoms. The smallest absolute Gasteiger partial charge is 0.125 e. The van der Waals surface area contributed by atoms with Gasteiger partial charge in [0.15, 0.2) is 0 Å². The summed E-state index contributed by atoms with van der Waals surface area (Å²) in [5, 5.41) is 0. The molecule has 0 amide bonds. The van der Waals surface area contributed by atoms with Gasteiger partial charge in [0.25, 0.3) is 0 Å². The standard InChI is InChI=1S/C6H6FN.C4H6/c7-5-2-1-3-6(8)4-5;1-3-4-2/h1-4H,8H2;1H,4H2,2H3. The van der Waals surface area contributed by atoms with Crippen molar-refractivity contribution in [3.05, 3.63) is 30.1 Å². The Hall–Kier alpha value is -1.49. The average Bonchev–Trinajstić information content (AvgIpc) is 2.04. The monoisotopic (exact) mass is 165 g/mol. The molecule has 0 aromatic heterocycles. The Kier molecular flexibility index (Phi) is 5.46. The van der Waals surface area contributed by atoms with E-state index < -0.39 is 0 Å². The largest absolute Gasteiger partial charge is 0.399 e. The van der Waals surface area contributed by atoms with Crippen LogP contribution in [0.25, 0.3) is 0 Å². The third-order valence-corrected chi connectivity index (χ3v) is 1.05. The van der Waals surface area contributed by atoms with Crippen LogP contribution in [-0.2, 0) is 0 Å². The number of hydrogen-bond donors (Lipinski definition) is 1. The normalized spacial score (nSPS) is 7.75. The summed E-state index contributed by atoms with van der Waals surface area (Å²) in [6, 6.07) is 5.85. The minimum Gasteiger partial charge on any atom is -0.399 e. The molecular formula is C10H12FN. The molecule has 0 aliphatic rings. The van der Waals surface area contributed by atoms with E-state index in [-0.39, 0.29) is 5.82 Å². The van der Waals surface area contributed by atoms with E-state index in [1.165, 1.54) is 12.1 Å². The number of nitrogens with two attached hydrogens (primary N) is 1. The van der Waals surface area contributed by atoms with E-state index in [2.05, 4.69) is 5.92 Å². The molecule has 0 saturated heterocycles. The van der Waals surface area contributed by atoms with Crippen molar-refractivity contribution in [2.24, 2.45) is 0 Å². The van der Waals surface area contributed by atoms with Crippen LogP contribution >= 0.6 is 0 Å². The van der Waals surface area contributed by atoms with Gasteiger partial charge in [-0.2, -0.15) is 0 Å². The van der Waals surface area contributed by atoms with Gasteiger partial charge in [0.1, 0.15) is 5.82 Å². The second-order valence-corrected chi connectivity index (χ2v) is 2.11. The molecule has 0 spiro atoms. The van der Waals surface area contributed by atoms with Crippen LogP contribution in [0.4, 0.5) is 10.1 Å². The molecule has 12 heavy (non-hydrogen) atoms. The number of hydrogen-bond acceptors (Lipinski definition) is 1. The van der Waals surface area contributed by atoms with Gasteiger partial charge in [0.2, 0.25) is 0 Å². The van der Waals surface area contributed by atoms with Gasteiger partial charge in [0.05, 0.1) is 0 Å². The fourth-order valence-electron chi connectivity index (χ4n) is 0.507. The lowest BCUT2D eigenvalue weighted by Gasteiger charge is -1.88. The molecule has 0 radical (unpaired) electrons. The van der Waals surface area contributed by atoms with Crippen LogP contribution in [0.2, 0.25) is 0 Å². The molecule has 0 heterocycles. The molecule has 0 unspecified atom stereocenters. The highest BCUT2D eigenvalue weighted by Gasteiger charge is 1.85. The first-order chi connectivity index (χ1) is 5.70. The van der Waals surface area contributed by atoms with E-state index in [9.17, 15) is 4.39 Å². The van der Waals surface area contributed by atoms with Crippen molar-refractivity contribution in [2.75, 3.05) is 5.73 Å². The summed E-state index contributed by atoms with van der Waals surface area (Å²) in [6.45, 7) is 1.94. The van der Waals surface area contributed by atoms with Gasteiger partial charge in [0, 0.05) is 12.1 Å². The van der Waals surface area contributed by atoms with Gasteiger partial charge >= 0.3 is 0 Å². The molecule has 0 aliphatic heterocycles. The van der Waals surface area contributed by atoms with Gasteiger partial charge in [-0.15, -0.1) is 12.3 Å². The highest BCUT2D eigenvalue weighted by atomic mass is 19.1. The predicted molar refractivity (Wildman–Crippen MR) is 49.9 cm³/mol. The lowest BCUT2D eigenvalue weighted by molar-refractivity contribution is 0.628. The maximum Gasteiger partial charge on any atom is 0.125 e. The van der Waals surface area contributed by atoms with Crippen LogP contribution in [-0.4, -0.2) is 0 Å². The molecule has 0 atom stereocenters. The van der Waals surface area contributed by atoms with Crippen LogP contribution in [0.1, 0.15) is 13.3 Å². The molecular weight excluding hydrogens is 153 g/mol. The number of benzene rings is 1. The van der Waals surface area contributed by atoms with E-state index in [4.69, 9.17) is 12.2 Å². The van der Waals surface area contributed by atoms with E-state index in [1.54, 1.807) is 12.1 Å². The predicted octanol–water partition coefficient (Wildman–Crippen LogP) is 2.44. The van der Waals surface area contributed by atoms with Gasteiger partial charge in [-0.1, -0.05) is 13.0 Å². The Morgan fingerprint density at radius 2 is 2.17 bits per heavy atom. The number of nitrogen functional groups attached to an aromatic ring is 1. The first-order valence-corrected chi connectivity index (χ1v) is 3.65. The van der Waals surface area contributed by atoms with Crippen molar-refractivity contribution in [1.82, 2.24) is 0 Å². The molecule has 0 fully saturated rings. The maximum absolute atomic E-state index is 12.1. The second-order valence-electron chi connectivity index (χ2n) is 2.11. The van der Waals surface area contributed by atoms with Crippen LogP contribution in [0.5, 0.6) is 0 Å². The summed E-state index contributed by atoms with van der Waals surface area (Å²) < 4.78 is 12.1. The third-order valence-electron chi connectivity index (χ3n) is 1.05. The third kappa shape index (κ3) is 5.31. The van der Waals surface area contributed by atoms with E-state index >= 15 is 0 Å². The fourth-order valence-corrected chi connectivity index (χ4v) is 0.507. The summed E-state index contributed by atoms with van der Waals surface area (Å²) in [5.41, 5.74) is 5.68. The topological polar surface area (TPSA) is 26.0 Å². The summed E-state index contributed by atoms with van der Waals surface area (Å²) >= 11 is 0. The lowest BCUT2D eigenvalue weighted by Crippen LogP contribution is -1.83. The highest BCUT2D eigenvalue weighted by Crippen LogP contribution is 2.02. The van der Waals surface area contributed by atoms with Crippen molar-refractivity contribution in [1.29, 1.82) is 0 Å². The average molecular weight is 165 g/mol. The summed E-state index contributed by atoms with van der Waals surface area (Å²) in [5.74, 6) is 2.14. The summed E-state index contributed by atoms with van der Waals surface area (Å²) in [4.78, 5) is 0. The number of anilines is 1. The molecule has 1 rings (SSSR count). The minimum absolute atomic E-state index is 0.287. The van der Waals surface area contributed by atoms with Gasteiger partial charge in [-0.05, 0) is 18.2 Å². The first-order valence-electron chi connectivity index (χ1n) is 3.65. The quantitative estimate of drug-likeness (QED) is 0.463. The molecule has 1 aromatic rings. The zero-order chi connectivity index (χ0) is 9.40. The SMILES string of the molecule is C#CCC.Nc1cccc(F)c1. The highest BCUT2D eigenvalue weighted by molar-refractivity contribution is 5.36. The van der Waals surface area contributed by atoms with Crippen molar-refractivity contribution in [2.45, 2.75) is 13.3 Å². The van der Waals surface area contributed by atoms with Crippen LogP contribution < -0.4 is 5.73 Å². The number of rotatable bonds is 0. The van der Waals surface area contributed by atoms with Crippen LogP contribution in [0.3, 0.4) is 0 Å². The van der Waals surface area contributed by atoms with Crippen molar-refractivity contribution in [3.63, 3.8) is 0 Å². The molecule has 1 nitrogen and oxygen atoms in total. The van der Waals surface area contributed by atoms with Gasteiger partial charge < -0.3 is 5.73 Å². The fraction of sp³-hybridized carbons (Fsp3) is 0.200. The van der Waals surface area contributed by atoms with Gasteiger partial charge in [-0.25, -0.2) is 4.39 Å². The van der Waals surface area contributed by atoms with E-state index in [1.807, 2.05) is 6.92 Å². The molecule has 0 saturated carbocycles. The molecule has 64 valence electrons. The van der Waals surface area contributed by atoms with Crippen LogP contribution in [0, 0.1) is 18.2 Å². The molecule has 0 bridgehead atoms. The maximum atomic E-state index is 12.1. The Balaban J connectivity index is 0.000000261. The van der Waals surface area contributed by atoms with Gasteiger partial charge in [-0.3, -0.25) is 0 Å². The van der Waals surface area contributed by atoms with E-state index in [0.29, 0.717) is 5.69 Å². The Morgan fingerprint density at radius 1 is 1.58 bits per heavy atom. The Bertz CT molecular complexity index is 246. The van der Waals surface area contributed by atoms with Crippen molar-refractivity contribution in [3.8, 4) is 12.3 Å². The minimum atomic E-state index is -0.287. The zero-order valence-electron chi connectivity index (χ0n) is 7.05. The van der Waals surface area contributed by atoms with E-state index in [0.717, 1.165) is 6.42 Å². The molecule has 0 aliphatic carbocycles.